The maximum Gasteiger partial charge on any atom is 0.119 e. The van der Waals surface area contributed by atoms with Gasteiger partial charge in [0.15, 0.2) is 0 Å². The predicted octanol–water partition coefficient (Wildman–Crippen LogP) is 2.81. The number of hydrogen-bond acceptors (Lipinski definition) is 3. The lowest BCUT2D eigenvalue weighted by Crippen LogP contribution is -2.39. The molecule has 2 rings (SSSR count). The molecule has 96 valence electrons. The average Bonchev–Trinajstić information content (AvgIpc) is 2.42. The Labute approximate surface area is 109 Å². The largest absolute Gasteiger partial charge is 0.492 e. The van der Waals surface area contributed by atoms with Crippen LogP contribution in [-0.4, -0.2) is 30.6 Å². The minimum atomic E-state index is 0.673. The van der Waals surface area contributed by atoms with E-state index >= 15 is 0 Å². The molecule has 0 spiro atoms. The molecule has 3 heteroatoms. The van der Waals surface area contributed by atoms with E-state index in [0.717, 1.165) is 18.9 Å². The fraction of sp³-hybridized carbons (Fsp3) is 0.533. The maximum atomic E-state index is 8.71. The zero-order valence-corrected chi connectivity index (χ0v) is 10.9. The van der Waals surface area contributed by atoms with E-state index in [1.807, 2.05) is 12.1 Å². The fourth-order valence-corrected chi connectivity index (χ4v) is 2.40. The zero-order chi connectivity index (χ0) is 12.8. The van der Waals surface area contributed by atoms with Crippen LogP contribution in [0.5, 0.6) is 5.75 Å². The van der Waals surface area contributed by atoms with E-state index in [1.165, 1.54) is 25.8 Å². The Kier molecular flexibility index (Phi) is 4.60. The number of nitrogens with zero attached hydrogens (tertiary/aromatic N) is 2. The molecule has 1 atom stereocenters. The van der Waals surface area contributed by atoms with E-state index in [4.69, 9.17) is 10.00 Å². The maximum absolute atomic E-state index is 8.71. The van der Waals surface area contributed by atoms with Gasteiger partial charge >= 0.3 is 0 Å². The molecule has 0 bridgehead atoms. The molecule has 0 radical (unpaired) electrons. The minimum Gasteiger partial charge on any atom is -0.492 e. The molecule has 0 aliphatic carbocycles. The molecule has 1 fully saturated rings. The van der Waals surface area contributed by atoms with Gasteiger partial charge in [-0.05, 0) is 50.6 Å². The Balaban J connectivity index is 1.75. The monoisotopic (exact) mass is 244 g/mol. The van der Waals surface area contributed by atoms with Gasteiger partial charge in [0.05, 0.1) is 11.6 Å². The van der Waals surface area contributed by atoms with Crippen molar-refractivity contribution in [3.8, 4) is 11.8 Å². The quantitative estimate of drug-likeness (QED) is 0.817. The highest BCUT2D eigenvalue weighted by Gasteiger charge is 2.17. The summed E-state index contributed by atoms with van der Waals surface area (Å²) in [7, 11) is 0. The van der Waals surface area contributed by atoms with Crippen LogP contribution in [0.2, 0.25) is 0 Å². The van der Waals surface area contributed by atoms with Gasteiger partial charge < -0.3 is 4.74 Å². The second-order valence-corrected chi connectivity index (χ2v) is 4.87. The van der Waals surface area contributed by atoms with Crippen molar-refractivity contribution in [1.82, 2.24) is 4.90 Å². The van der Waals surface area contributed by atoms with Crippen molar-refractivity contribution in [3.05, 3.63) is 29.8 Å². The van der Waals surface area contributed by atoms with Crippen molar-refractivity contribution in [1.29, 1.82) is 5.26 Å². The minimum absolute atomic E-state index is 0.673. The first-order valence-corrected chi connectivity index (χ1v) is 6.66. The molecular formula is C15H20N2O. The van der Waals surface area contributed by atoms with Crippen LogP contribution in [0, 0.1) is 11.3 Å². The summed E-state index contributed by atoms with van der Waals surface area (Å²) in [6, 6.07) is 10.1. The van der Waals surface area contributed by atoms with Gasteiger partial charge in [0.2, 0.25) is 0 Å². The summed E-state index contributed by atoms with van der Waals surface area (Å²) in [4.78, 5) is 2.49. The lowest BCUT2D eigenvalue weighted by molar-refractivity contribution is 0.133. The van der Waals surface area contributed by atoms with Gasteiger partial charge in [0, 0.05) is 12.6 Å². The van der Waals surface area contributed by atoms with E-state index in [-0.39, 0.29) is 0 Å². The molecule has 0 amide bonds. The summed E-state index contributed by atoms with van der Waals surface area (Å²) in [6.07, 6.45) is 3.96. The third kappa shape index (κ3) is 3.48. The summed E-state index contributed by atoms with van der Waals surface area (Å²) in [5.74, 6) is 0.846. The van der Waals surface area contributed by atoms with E-state index in [1.54, 1.807) is 12.1 Å². The van der Waals surface area contributed by atoms with Crippen molar-refractivity contribution >= 4 is 0 Å². The molecule has 0 saturated carbocycles. The lowest BCUT2D eigenvalue weighted by atomic mass is 10.0. The predicted molar refractivity (Wildman–Crippen MR) is 71.5 cm³/mol. The number of hydrogen-bond donors (Lipinski definition) is 0. The van der Waals surface area contributed by atoms with Crippen molar-refractivity contribution in [3.63, 3.8) is 0 Å². The Bertz CT molecular complexity index is 407. The van der Waals surface area contributed by atoms with Gasteiger partial charge in [0.1, 0.15) is 12.4 Å². The molecule has 1 aliphatic heterocycles. The van der Waals surface area contributed by atoms with E-state index < -0.39 is 0 Å². The topological polar surface area (TPSA) is 36.3 Å². The highest BCUT2D eigenvalue weighted by atomic mass is 16.5. The number of ether oxygens (including phenoxy) is 1. The molecule has 1 aromatic rings. The highest BCUT2D eigenvalue weighted by Crippen LogP contribution is 2.16. The molecule has 1 aliphatic rings. The van der Waals surface area contributed by atoms with E-state index in [2.05, 4.69) is 17.9 Å². The Morgan fingerprint density at radius 1 is 1.33 bits per heavy atom. The molecule has 0 N–H and O–H groups in total. The first-order chi connectivity index (χ1) is 8.79. The van der Waals surface area contributed by atoms with Gasteiger partial charge in [-0.15, -0.1) is 0 Å². The van der Waals surface area contributed by atoms with Crippen molar-refractivity contribution in [2.45, 2.75) is 32.2 Å². The van der Waals surface area contributed by atoms with Crippen LogP contribution >= 0.6 is 0 Å². The third-order valence-electron chi connectivity index (χ3n) is 3.57. The second kappa shape index (κ2) is 6.42. The normalized spacial score (nSPS) is 20.3. The van der Waals surface area contributed by atoms with Gasteiger partial charge in [-0.25, -0.2) is 0 Å². The molecule has 1 aromatic carbocycles. The van der Waals surface area contributed by atoms with Crippen LogP contribution in [0.25, 0.3) is 0 Å². The molecule has 18 heavy (non-hydrogen) atoms. The summed E-state index contributed by atoms with van der Waals surface area (Å²) < 4.78 is 5.71. The lowest BCUT2D eigenvalue weighted by Gasteiger charge is -2.33. The number of likely N-dealkylation sites (tertiary alicyclic amines) is 1. The molecule has 1 unspecified atom stereocenters. The second-order valence-electron chi connectivity index (χ2n) is 4.87. The van der Waals surface area contributed by atoms with Gasteiger partial charge in [-0.1, -0.05) is 6.42 Å². The first-order valence-electron chi connectivity index (χ1n) is 6.66. The van der Waals surface area contributed by atoms with E-state index in [9.17, 15) is 0 Å². The Morgan fingerprint density at radius 2 is 2.11 bits per heavy atom. The Hall–Kier alpha value is -1.53. The van der Waals surface area contributed by atoms with Crippen LogP contribution in [0.3, 0.4) is 0 Å². The van der Waals surface area contributed by atoms with Crippen molar-refractivity contribution in [2.75, 3.05) is 19.7 Å². The van der Waals surface area contributed by atoms with Crippen LogP contribution in [0.1, 0.15) is 31.7 Å². The smallest absolute Gasteiger partial charge is 0.119 e. The van der Waals surface area contributed by atoms with Crippen LogP contribution in [0.4, 0.5) is 0 Å². The summed E-state index contributed by atoms with van der Waals surface area (Å²) in [5.41, 5.74) is 0.673. The first kappa shape index (κ1) is 12.9. The average molecular weight is 244 g/mol. The van der Waals surface area contributed by atoms with Crippen LogP contribution in [0.15, 0.2) is 24.3 Å². The van der Waals surface area contributed by atoms with Gasteiger partial charge in [0.25, 0.3) is 0 Å². The third-order valence-corrected chi connectivity index (χ3v) is 3.57. The molecule has 1 saturated heterocycles. The van der Waals surface area contributed by atoms with Gasteiger partial charge in [-0.2, -0.15) is 5.26 Å². The SMILES string of the molecule is CC1CCCCN1CCOc1ccc(C#N)cc1. The van der Waals surface area contributed by atoms with Crippen LogP contribution < -0.4 is 4.74 Å². The van der Waals surface area contributed by atoms with Gasteiger partial charge in [-0.3, -0.25) is 4.90 Å². The molecule has 0 aromatic heterocycles. The standard InChI is InChI=1S/C15H20N2O/c1-13-4-2-3-9-17(13)10-11-18-15-7-5-14(12-16)6-8-15/h5-8,13H,2-4,9-11H2,1H3. The Morgan fingerprint density at radius 3 is 2.78 bits per heavy atom. The molecular weight excluding hydrogens is 224 g/mol. The molecule has 3 nitrogen and oxygen atoms in total. The summed E-state index contributed by atoms with van der Waals surface area (Å²) in [6.45, 7) is 5.19. The number of nitriles is 1. The summed E-state index contributed by atoms with van der Waals surface area (Å²) >= 11 is 0. The van der Waals surface area contributed by atoms with Crippen molar-refractivity contribution < 1.29 is 4.74 Å². The highest BCUT2D eigenvalue weighted by molar-refractivity contribution is 5.34. The zero-order valence-electron chi connectivity index (χ0n) is 10.9. The fourth-order valence-electron chi connectivity index (χ4n) is 2.40. The van der Waals surface area contributed by atoms with E-state index in [0.29, 0.717) is 11.6 Å². The number of benzene rings is 1. The number of rotatable bonds is 4. The number of piperidine rings is 1. The summed E-state index contributed by atoms with van der Waals surface area (Å²) in [5, 5.41) is 8.71. The van der Waals surface area contributed by atoms with Crippen LogP contribution in [-0.2, 0) is 0 Å². The molecule has 1 heterocycles. The van der Waals surface area contributed by atoms with Crippen molar-refractivity contribution in [2.24, 2.45) is 0 Å².